The molecule has 0 bridgehead atoms. The topological polar surface area (TPSA) is 111 Å². The quantitative estimate of drug-likeness (QED) is 0.530. The van der Waals surface area contributed by atoms with Gasteiger partial charge in [0, 0.05) is 57.6 Å². The maximum atomic E-state index is 13.1. The van der Waals surface area contributed by atoms with Crippen LogP contribution >= 0.6 is 0 Å². The highest BCUT2D eigenvalue weighted by Crippen LogP contribution is 2.32. The molecule has 2 aromatic rings. The number of hydrogen-bond acceptors (Lipinski definition) is 7. The van der Waals surface area contributed by atoms with E-state index in [9.17, 15) is 18.5 Å². The molecule has 0 aliphatic carbocycles. The number of aromatic nitrogens is 2. The molecule has 0 atom stereocenters. The summed E-state index contributed by atoms with van der Waals surface area (Å²) in [5.74, 6) is 0. The number of nitro benzene ring substituents is 1. The van der Waals surface area contributed by atoms with E-state index in [-0.39, 0.29) is 23.7 Å². The molecule has 1 saturated heterocycles. The summed E-state index contributed by atoms with van der Waals surface area (Å²) in [6.45, 7) is 1.45. The second kappa shape index (κ2) is 7.62. The number of aryl methyl sites for hydroxylation is 1. The predicted octanol–water partition coefficient (Wildman–Crippen LogP) is 0.986. The van der Waals surface area contributed by atoms with Gasteiger partial charge in [-0.25, -0.2) is 8.42 Å². The highest BCUT2D eigenvalue weighted by molar-refractivity contribution is 7.89. The van der Waals surface area contributed by atoms with Crippen LogP contribution in [0.3, 0.4) is 0 Å². The Morgan fingerprint density at radius 3 is 2.63 bits per heavy atom. The van der Waals surface area contributed by atoms with Crippen LogP contribution < -0.4 is 4.90 Å². The standard InChI is InChI=1S/C16H21N5O5S/c1-18(11-13-10-17-19(2)12-13)15-4-3-14(21(22)23)9-16(15)27(24,25)20-5-7-26-8-6-20/h3-4,9-10,12H,5-8,11H2,1-2H3. The lowest BCUT2D eigenvalue weighted by Gasteiger charge is -2.28. The number of nitrogens with zero attached hydrogens (tertiary/aromatic N) is 5. The lowest BCUT2D eigenvalue weighted by Crippen LogP contribution is -2.41. The monoisotopic (exact) mass is 395 g/mol. The smallest absolute Gasteiger partial charge is 0.270 e. The van der Waals surface area contributed by atoms with E-state index < -0.39 is 14.9 Å². The lowest BCUT2D eigenvalue weighted by atomic mass is 10.2. The van der Waals surface area contributed by atoms with E-state index in [1.165, 1.54) is 16.4 Å². The van der Waals surface area contributed by atoms with E-state index >= 15 is 0 Å². The van der Waals surface area contributed by atoms with Crippen molar-refractivity contribution >= 4 is 21.4 Å². The van der Waals surface area contributed by atoms with Gasteiger partial charge in [0.15, 0.2) is 0 Å². The molecular weight excluding hydrogens is 374 g/mol. The van der Waals surface area contributed by atoms with Crippen LogP contribution in [0.4, 0.5) is 11.4 Å². The molecule has 11 heteroatoms. The Labute approximate surface area is 157 Å². The Kier molecular flexibility index (Phi) is 5.44. The number of nitro groups is 1. The Morgan fingerprint density at radius 2 is 2.04 bits per heavy atom. The third-order valence-corrected chi connectivity index (χ3v) is 6.26. The van der Waals surface area contributed by atoms with Crippen LogP contribution in [0.5, 0.6) is 0 Å². The normalized spacial score (nSPS) is 15.6. The van der Waals surface area contributed by atoms with Gasteiger partial charge in [0.1, 0.15) is 4.90 Å². The third kappa shape index (κ3) is 4.10. The summed E-state index contributed by atoms with van der Waals surface area (Å²) < 4.78 is 34.5. The summed E-state index contributed by atoms with van der Waals surface area (Å²) in [5.41, 5.74) is 1.03. The van der Waals surface area contributed by atoms with Crippen LogP contribution in [-0.4, -0.2) is 60.8 Å². The number of ether oxygens (including phenoxy) is 1. The molecule has 1 aliphatic heterocycles. The molecule has 1 aliphatic rings. The van der Waals surface area contributed by atoms with Gasteiger partial charge in [0.25, 0.3) is 5.69 Å². The van der Waals surface area contributed by atoms with E-state index in [4.69, 9.17) is 4.74 Å². The molecule has 3 rings (SSSR count). The zero-order valence-corrected chi connectivity index (χ0v) is 15.9. The Morgan fingerprint density at radius 1 is 1.33 bits per heavy atom. The van der Waals surface area contributed by atoms with Gasteiger partial charge in [-0.15, -0.1) is 0 Å². The number of anilines is 1. The van der Waals surface area contributed by atoms with Crippen LogP contribution in [-0.2, 0) is 28.4 Å². The minimum atomic E-state index is -3.89. The number of rotatable bonds is 6. The minimum absolute atomic E-state index is 0.0787. The average Bonchev–Trinajstić information content (AvgIpc) is 3.06. The van der Waals surface area contributed by atoms with Crippen LogP contribution in [0.15, 0.2) is 35.5 Å². The molecule has 0 spiro atoms. The van der Waals surface area contributed by atoms with Crippen molar-refractivity contribution < 1.29 is 18.1 Å². The van der Waals surface area contributed by atoms with Gasteiger partial charge < -0.3 is 9.64 Å². The highest BCUT2D eigenvalue weighted by atomic mass is 32.2. The first-order valence-corrected chi connectivity index (χ1v) is 9.78. The van der Waals surface area contributed by atoms with Crippen LogP contribution in [0.1, 0.15) is 5.56 Å². The SMILES string of the molecule is CN(Cc1cnn(C)c1)c1ccc([N+](=O)[O-])cc1S(=O)(=O)N1CCOCC1. The molecule has 10 nitrogen and oxygen atoms in total. The first kappa shape index (κ1) is 19.3. The summed E-state index contributed by atoms with van der Waals surface area (Å²) in [7, 11) is -0.357. The molecule has 1 fully saturated rings. The highest BCUT2D eigenvalue weighted by Gasteiger charge is 2.31. The van der Waals surface area contributed by atoms with Crippen molar-refractivity contribution in [2.24, 2.45) is 7.05 Å². The van der Waals surface area contributed by atoms with Gasteiger partial charge in [-0.2, -0.15) is 9.40 Å². The average molecular weight is 395 g/mol. The molecular formula is C16H21N5O5S. The van der Waals surface area contributed by atoms with E-state index in [1.807, 2.05) is 6.20 Å². The van der Waals surface area contributed by atoms with Gasteiger partial charge in [-0.1, -0.05) is 0 Å². The largest absolute Gasteiger partial charge is 0.379 e. The zero-order valence-electron chi connectivity index (χ0n) is 15.1. The fourth-order valence-corrected chi connectivity index (χ4v) is 4.64. The summed E-state index contributed by atoms with van der Waals surface area (Å²) in [6.07, 6.45) is 3.52. The van der Waals surface area contributed by atoms with Crippen molar-refractivity contribution in [3.8, 4) is 0 Å². The summed E-state index contributed by atoms with van der Waals surface area (Å²) in [5, 5.41) is 15.3. The Bertz CT molecular complexity index is 936. The molecule has 1 aromatic heterocycles. The molecule has 0 radical (unpaired) electrons. The number of morpholine rings is 1. The molecule has 0 N–H and O–H groups in total. The fourth-order valence-electron chi connectivity index (χ4n) is 2.98. The molecule has 1 aromatic carbocycles. The number of hydrogen-bond donors (Lipinski definition) is 0. The molecule has 0 amide bonds. The van der Waals surface area contributed by atoms with Gasteiger partial charge in [0.05, 0.1) is 30.0 Å². The van der Waals surface area contributed by atoms with Crippen molar-refractivity contribution in [3.05, 3.63) is 46.3 Å². The van der Waals surface area contributed by atoms with Gasteiger partial charge >= 0.3 is 0 Å². The first-order valence-electron chi connectivity index (χ1n) is 8.34. The van der Waals surface area contributed by atoms with Gasteiger partial charge in [-0.05, 0) is 6.07 Å². The first-order chi connectivity index (χ1) is 12.8. The maximum Gasteiger partial charge on any atom is 0.270 e. The second-order valence-corrected chi connectivity index (χ2v) is 8.21. The summed E-state index contributed by atoms with van der Waals surface area (Å²) >= 11 is 0. The molecule has 146 valence electrons. The molecule has 2 heterocycles. The third-order valence-electron chi connectivity index (χ3n) is 4.33. The van der Waals surface area contributed by atoms with Gasteiger partial charge in [-0.3, -0.25) is 14.8 Å². The zero-order chi connectivity index (χ0) is 19.6. The Balaban J connectivity index is 2.01. The number of non-ortho nitro benzene ring substituents is 1. The van der Waals surface area contributed by atoms with Crippen LogP contribution in [0.2, 0.25) is 0 Å². The van der Waals surface area contributed by atoms with Gasteiger partial charge in [0.2, 0.25) is 10.0 Å². The van der Waals surface area contributed by atoms with Crippen LogP contribution in [0.25, 0.3) is 0 Å². The fraction of sp³-hybridized carbons (Fsp3) is 0.438. The van der Waals surface area contributed by atoms with E-state index in [0.29, 0.717) is 25.4 Å². The van der Waals surface area contributed by atoms with Crippen molar-refractivity contribution in [1.29, 1.82) is 0 Å². The number of sulfonamides is 1. The van der Waals surface area contributed by atoms with Crippen molar-refractivity contribution in [2.45, 2.75) is 11.4 Å². The maximum absolute atomic E-state index is 13.1. The summed E-state index contributed by atoms with van der Waals surface area (Å²) in [4.78, 5) is 12.3. The van der Waals surface area contributed by atoms with Crippen molar-refractivity contribution in [2.75, 3.05) is 38.3 Å². The minimum Gasteiger partial charge on any atom is -0.379 e. The van der Waals surface area contributed by atoms with Crippen molar-refractivity contribution in [3.63, 3.8) is 0 Å². The number of benzene rings is 1. The predicted molar refractivity (Wildman–Crippen MR) is 98.0 cm³/mol. The summed E-state index contributed by atoms with van der Waals surface area (Å²) in [6, 6.07) is 3.91. The second-order valence-electron chi connectivity index (χ2n) is 6.30. The van der Waals surface area contributed by atoms with E-state index in [0.717, 1.165) is 11.6 Å². The molecule has 27 heavy (non-hydrogen) atoms. The van der Waals surface area contributed by atoms with E-state index in [2.05, 4.69) is 5.10 Å². The lowest BCUT2D eigenvalue weighted by molar-refractivity contribution is -0.385. The Hall–Kier alpha value is -2.50. The molecule has 0 unspecified atom stereocenters. The van der Waals surface area contributed by atoms with E-state index in [1.54, 1.807) is 29.9 Å². The molecule has 0 saturated carbocycles. The van der Waals surface area contributed by atoms with Crippen molar-refractivity contribution in [1.82, 2.24) is 14.1 Å². The van der Waals surface area contributed by atoms with Crippen LogP contribution in [0, 0.1) is 10.1 Å².